The molecule has 0 spiro atoms. The van der Waals surface area contributed by atoms with Gasteiger partial charge in [0.05, 0.1) is 15.4 Å². The Bertz CT molecular complexity index is 959. The van der Waals surface area contributed by atoms with Crippen LogP contribution in [0.1, 0.15) is 33.3 Å². The first-order valence-electron chi connectivity index (χ1n) is 9.57. The van der Waals surface area contributed by atoms with E-state index in [2.05, 4.69) is 10.3 Å². The minimum atomic E-state index is -3.51. The first kappa shape index (κ1) is 27.1. The van der Waals surface area contributed by atoms with Gasteiger partial charge in [0, 0.05) is 39.8 Å². The number of hydrogen-bond donors (Lipinski definition) is 1. The van der Waals surface area contributed by atoms with E-state index < -0.39 is 24.6 Å². The summed E-state index contributed by atoms with van der Waals surface area (Å²) in [5.74, 6) is 0.723. The third kappa shape index (κ3) is 5.86. The Labute approximate surface area is 198 Å². The number of sulfone groups is 1. The molecule has 0 amide bonds. The van der Waals surface area contributed by atoms with Crippen molar-refractivity contribution < 1.29 is 16.8 Å². The maximum atomic E-state index is 12.6. The molecule has 11 heteroatoms. The minimum Gasteiger partial charge on any atom is -0.352 e. The number of rotatable bonds is 5. The van der Waals surface area contributed by atoms with Gasteiger partial charge in [-0.1, -0.05) is 12.1 Å². The second kappa shape index (κ2) is 10.1. The van der Waals surface area contributed by atoms with E-state index >= 15 is 0 Å². The molecule has 1 aliphatic heterocycles. The summed E-state index contributed by atoms with van der Waals surface area (Å²) in [6, 6.07) is 6.62. The van der Waals surface area contributed by atoms with E-state index in [1.165, 1.54) is 4.31 Å². The van der Waals surface area contributed by atoms with Crippen molar-refractivity contribution in [2.75, 3.05) is 32.9 Å². The van der Waals surface area contributed by atoms with Crippen molar-refractivity contribution in [2.24, 2.45) is 4.99 Å². The van der Waals surface area contributed by atoms with Gasteiger partial charge in [-0.25, -0.2) is 16.8 Å². The van der Waals surface area contributed by atoms with Crippen molar-refractivity contribution in [3.8, 4) is 0 Å². The molecule has 1 N–H and O–H groups in total. The number of aliphatic imine (C=N–C) groups is 1. The van der Waals surface area contributed by atoms with Crippen molar-refractivity contribution in [3.05, 3.63) is 29.8 Å². The molecule has 2 rings (SSSR count). The van der Waals surface area contributed by atoms with Crippen LogP contribution in [0.5, 0.6) is 0 Å². The Morgan fingerprint density at radius 2 is 1.83 bits per heavy atom. The second-order valence-corrected chi connectivity index (χ2v) is 12.9. The number of guanidine groups is 1. The Morgan fingerprint density at radius 1 is 1.27 bits per heavy atom. The van der Waals surface area contributed by atoms with Gasteiger partial charge in [0.2, 0.25) is 10.0 Å². The van der Waals surface area contributed by atoms with Crippen LogP contribution in [-0.4, -0.2) is 75.7 Å². The average molecular weight is 573 g/mol. The quantitative estimate of drug-likeness (QED) is 0.329. The van der Waals surface area contributed by atoms with Crippen LogP contribution in [0, 0.1) is 0 Å². The lowest BCUT2D eigenvalue weighted by Crippen LogP contribution is -2.57. The molecule has 1 aliphatic rings. The number of nitrogens with zero attached hydrogens (tertiary/aromatic N) is 3. The summed E-state index contributed by atoms with van der Waals surface area (Å²) in [5.41, 5.74) is 0.904. The van der Waals surface area contributed by atoms with Gasteiger partial charge in [0.25, 0.3) is 0 Å². The van der Waals surface area contributed by atoms with Crippen molar-refractivity contribution in [3.63, 3.8) is 0 Å². The molecule has 0 saturated carbocycles. The van der Waals surface area contributed by atoms with Crippen molar-refractivity contribution >= 4 is 49.8 Å². The molecule has 1 saturated heterocycles. The monoisotopic (exact) mass is 572 g/mol. The number of nitrogens with one attached hydrogen (secondary N) is 1. The van der Waals surface area contributed by atoms with Crippen LogP contribution in [0.3, 0.4) is 0 Å². The molecule has 1 aromatic rings. The van der Waals surface area contributed by atoms with Crippen molar-refractivity contribution in [1.29, 1.82) is 0 Å². The molecular weight excluding hydrogens is 539 g/mol. The van der Waals surface area contributed by atoms with E-state index in [0.29, 0.717) is 25.6 Å². The zero-order valence-corrected chi connectivity index (χ0v) is 22.4. The number of halogens is 1. The fourth-order valence-corrected chi connectivity index (χ4v) is 5.79. The van der Waals surface area contributed by atoms with Crippen LogP contribution in [0.25, 0.3) is 0 Å². The molecule has 0 radical (unpaired) electrons. The van der Waals surface area contributed by atoms with E-state index in [-0.39, 0.29) is 40.7 Å². The van der Waals surface area contributed by atoms with Gasteiger partial charge in [-0.2, -0.15) is 4.31 Å². The van der Waals surface area contributed by atoms with E-state index in [1.54, 1.807) is 52.2 Å². The summed E-state index contributed by atoms with van der Waals surface area (Å²) in [4.78, 5) is 6.47. The molecular formula is C19H33IN4O4S2. The van der Waals surface area contributed by atoms with Gasteiger partial charge < -0.3 is 10.2 Å². The molecule has 172 valence electrons. The average Bonchev–Trinajstić information content (AvgIpc) is 2.64. The van der Waals surface area contributed by atoms with Gasteiger partial charge >= 0.3 is 0 Å². The Balaban J connectivity index is 0.00000450. The third-order valence-corrected chi connectivity index (χ3v) is 9.91. The molecule has 0 aliphatic carbocycles. The van der Waals surface area contributed by atoms with Crippen LogP contribution in [0.4, 0.5) is 0 Å². The van der Waals surface area contributed by atoms with Gasteiger partial charge in [-0.15, -0.1) is 24.0 Å². The maximum absolute atomic E-state index is 12.6. The molecule has 30 heavy (non-hydrogen) atoms. The Morgan fingerprint density at radius 3 is 2.30 bits per heavy atom. The van der Waals surface area contributed by atoms with Crippen molar-refractivity contribution in [1.82, 2.24) is 14.5 Å². The molecule has 1 aromatic carbocycles. The predicted molar refractivity (Wildman–Crippen MR) is 132 cm³/mol. The number of benzene rings is 1. The zero-order valence-electron chi connectivity index (χ0n) is 18.4. The second-order valence-electron chi connectivity index (χ2n) is 8.16. The lowest BCUT2D eigenvalue weighted by molar-refractivity contribution is 0.353. The van der Waals surface area contributed by atoms with Gasteiger partial charge in [0.1, 0.15) is 0 Å². The largest absolute Gasteiger partial charge is 0.352 e. The minimum absolute atomic E-state index is 0. The summed E-state index contributed by atoms with van der Waals surface area (Å²) >= 11 is 0. The molecule has 1 heterocycles. The normalized spacial score (nSPS) is 18.9. The summed E-state index contributed by atoms with van der Waals surface area (Å²) in [6.45, 7) is 8.34. The van der Waals surface area contributed by atoms with Crippen LogP contribution < -0.4 is 5.32 Å². The summed E-state index contributed by atoms with van der Waals surface area (Å²) in [5, 5.41) is 3.24. The van der Waals surface area contributed by atoms with Crippen LogP contribution in [-0.2, 0) is 26.4 Å². The maximum Gasteiger partial charge on any atom is 0.243 e. The highest BCUT2D eigenvalue weighted by atomic mass is 127. The standard InChI is InChI=1S/C19H32N4O4S2.HI/c1-15(2)22(6)29(26,27)17-9-7-16(8-10-17)13-21-18(20-5)23-11-12-28(24,25)19(3,4)14-23;/h7-10,15H,11-14H2,1-6H3,(H,20,21);1H. The lowest BCUT2D eigenvalue weighted by atomic mass is 10.2. The summed E-state index contributed by atoms with van der Waals surface area (Å²) < 4.78 is 50.0. The Hall–Kier alpha value is -0.920. The highest BCUT2D eigenvalue weighted by Crippen LogP contribution is 2.24. The first-order valence-corrected chi connectivity index (χ1v) is 12.7. The predicted octanol–water partition coefficient (Wildman–Crippen LogP) is 1.92. The summed E-state index contributed by atoms with van der Waals surface area (Å²) in [7, 11) is -3.40. The van der Waals surface area contributed by atoms with E-state index in [4.69, 9.17) is 0 Å². The third-order valence-electron chi connectivity index (χ3n) is 5.33. The number of hydrogen-bond acceptors (Lipinski definition) is 5. The molecule has 1 fully saturated rings. The van der Waals surface area contributed by atoms with E-state index in [1.807, 2.05) is 18.7 Å². The number of sulfonamides is 1. The Kier molecular flexibility index (Phi) is 9.16. The zero-order chi connectivity index (χ0) is 22.0. The first-order chi connectivity index (χ1) is 13.3. The van der Waals surface area contributed by atoms with Crippen LogP contribution >= 0.6 is 24.0 Å². The lowest BCUT2D eigenvalue weighted by Gasteiger charge is -2.39. The van der Waals surface area contributed by atoms with Crippen LogP contribution in [0.15, 0.2) is 34.2 Å². The SMILES string of the molecule is CN=C(NCc1ccc(S(=O)(=O)N(C)C(C)C)cc1)N1CCS(=O)(=O)C(C)(C)C1.I. The highest BCUT2D eigenvalue weighted by Gasteiger charge is 2.40. The molecule has 0 unspecified atom stereocenters. The smallest absolute Gasteiger partial charge is 0.243 e. The topological polar surface area (TPSA) is 99.2 Å². The molecule has 8 nitrogen and oxygen atoms in total. The van der Waals surface area contributed by atoms with Gasteiger partial charge in [-0.05, 0) is 45.4 Å². The molecule has 0 bridgehead atoms. The fraction of sp³-hybridized carbons (Fsp3) is 0.632. The highest BCUT2D eigenvalue weighted by molar-refractivity contribution is 14.0. The molecule has 0 aromatic heterocycles. The summed E-state index contributed by atoms with van der Waals surface area (Å²) in [6.07, 6.45) is 0. The van der Waals surface area contributed by atoms with Crippen molar-refractivity contribution in [2.45, 2.75) is 49.9 Å². The van der Waals surface area contributed by atoms with Gasteiger partial charge in [0.15, 0.2) is 15.8 Å². The van der Waals surface area contributed by atoms with E-state index in [0.717, 1.165) is 5.56 Å². The van der Waals surface area contributed by atoms with Crippen LogP contribution in [0.2, 0.25) is 0 Å². The molecule has 0 atom stereocenters. The fourth-order valence-electron chi connectivity index (χ4n) is 3.06. The van der Waals surface area contributed by atoms with E-state index in [9.17, 15) is 16.8 Å². The van der Waals surface area contributed by atoms with Gasteiger partial charge in [-0.3, -0.25) is 4.99 Å².